The highest BCUT2D eigenvalue weighted by atomic mass is 16.5. The van der Waals surface area contributed by atoms with E-state index in [1.54, 1.807) is 6.20 Å². The van der Waals surface area contributed by atoms with Gasteiger partial charge in [0.15, 0.2) is 0 Å². The molecule has 1 rings (SSSR count). The topological polar surface area (TPSA) is 58.1 Å². The Morgan fingerprint density at radius 3 is 2.86 bits per heavy atom. The van der Waals surface area contributed by atoms with E-state index < -0.39 is 0 Å². The van der Waals surface area contributed by atoms with Crippen LogP contribution < -0.4 is 4.74 Å². The molecular formula is C10H18N2O2. The summed E-state index contributed by atoms with van der Waals surface area (Å²) in [6.07, 6.45) is 2.69. The molecule has 1 aromatic rings. The highest BCUT2D eigenvalue weighted by Crippen LogP contribution is 2.22. The molecule has 0 aliphatic heterocycles. The molecule has 14 heavy (non-hydrogen) atoms. The van der Waals surface area contributed by atoms with Crippen molar-refractivity contribution in [3.8, 4) is 5.88 Å². The number of hydrogen-bond acceptors (Lipinski definition) is 3. The zero-order valence-corrected chi connectivity index (χ0v) is 9.00. The molecule has 0 saturated carbocycles. The Morgan fingerprint density at radius 2 is 2.29 bits per heavy atom. The van der Waals surface area contributed by atoms with E-state index in [1.165, 1.54) is 0 Å². The van der Waals surface area contributed by atoms with Crippen molar-refractivity contribution in [1.29, 1.82) is 0 Å². The zero-order chi connectivity index (χ0) is 10.6. The summed E-state index contributed by atoms with van der Waals surface area (Å²) in [6.45, 7) is 6.97. The van der Waals surface area contributed by atoms with Gasteiger partial charge >= 0.3 is 0 Å². The summed E-state index contributed by atoms with van der Waals surface area (Å²) < 4.78 is 5.52. The molecule has 1 aromatic heterocycles. The van der Waals surface area contributed by atoms with Crippen LogP contribution in [-0.2, 0) is 6.61 Å². The molecule has 2 N–H and O–H groups in total. The zero-order valence-electron chi connectivity index (χ0n) is 9.00. The van der Waals surface area contributed by atoms with Gasteiger partial charge in [-0.3, -0.25) is 5.10 Å². The third kappa shape index (κ3) is 2.73. The van der Waals surface area contributed by atoms with Gasteiger partial charge in [0, 0.05) is 6.20 Å². The van der Waals surface area contributed by atoms with Crippen molar-refractivity contribution in [2.45, 2.75) is 33.8 Å². The van der Waals surface area contributed by atoms with Crippen molar-refractivity contribution in [2.24, 2.45) is 5.41 Å². The van der Waals surface area contributed by atoms with E-state index in [4.69, 9.17) is 9.84 Å². The fraction of sp³-hybridized carbons (Fsp3) is 0.700. The van der Waals surface area contributed by atoms with Crippen molar-refractivity contribution in [1.82, 2.24) is 10.2 Å². The number of ether oxygens (including phenoxy) is 1. The number of aliphatic hydroxyl groups is 1. The summed E-state index contributed by atoms with van der Waals surface area (Å²) in [7, 11) is 0. The standard InChI is InChI=1S/C10H18N2O2/c1-4-10(2,3)7-14-9-8(6-13)5-11-12-9/h5,13H,4,6-7H2,1-3H3,(H,11,12). The van der Waals surface area contributed by atoms with E-state index in [0.29, 0.717) is 18.1 Å². The Hall–Kier alpha value is -1.03. The Bertz CT molecular complexity index is 281. The van der Waals surface area contributed by atoms with Gasteiger partial charge in [-0.1, -0.05) is 20.8 Å². The van der Waals surface area contributed by atoms with Gasteiger partial charge in [0.2, 0.25) is 5.88 Å². The number of aromatic amines is 1. The Labute approximate surface area is 84.3 Å². The van der Waals surface area contributed by atoms with E-state index >= 15 is 0 Å². The Balaban J connectivity index is 2.53. The molecule has 0 spiro atoms. The average molecular weight is 198 g/mol. The van der Waals surface area contributed by atoms with Gasteiger partial charge in [0.05, 0.1) is 18.8 Å². The van der Waals surface area contributed by atoms with E-state index in [2.05, 4.69) is 31.0 Å². The molecule has 0 fully saturated rings. The third-order valence-corrected chi connectivity index (χ3v) is 2.41. The maximum Gasteiger partial charge on any atom is 0.238 e. The number of aliphatic hydroxyl groups excluding tert-OH is 1. The maximum absolute atomic E-state index is 8.95. The van der Waals surface area contributed by atoms with Crippen LogP contribution in [-0.4, -0.2) is 21.9 Å². The number of hydrogen-bond donors (Lipinski definition) is 2. The van der Waals surface area contributed by atoms with Crippen LogP contribution in [0.5, 0.6) is 5.88 Å². The maximum atomic E-state index is 8.95. The first-order chi connectivity index (χ1) is 6.59. The summed E-state index contributed by atoms with van der Waals surface area (Å²) in [6, 6.07) is 0. The van der Waals surface area contributed by atoms with E-state index in [-0.39, 0.29) is 12.0 Å². The molecule has 0 atom stereocenters. The van der Waals surface area contributed by atoms with Crippen LogP contribution in [0, 0.1) is 5.41 Å². The van der Waals surface area contributed by atoms with Crippen molar-refractivity contribution < 1.29 is 9.84 Å². The first-order valence-corrected chi connectivity index (χ1v) is 4.85. The van der Waals surface area contributed by atoms with Gasteiger partial charge in [0.1, 0.15) is 0 Å². The monoisotopic (exact) mass is 198 g/mol. The van der Waals surface area contributed by atoms with Crippen molar-refractivity contribution in [3.63, 3.8) is 0 Å². The number of rotatable bonds is 5. The fourth-order valence-electron chi connectivity index (χ4n) is 0.906. The normalized spacial score (nSPS) is 11.7. The molecule has 0 radical (unpaired) electrons. The van der Waals surface area contributed by atoms with E-state index in [0.717, 1.165) is 6.42 Å². The van der Waals surface area contributed by atoms with Crippen molar-refractivity contribution in [3.05, 3.63) is 11.8 Å². The van der Waals surface area contributed by atoms with E-state index in [9.17, 15) is 0 Å². The van der Waals surface area contributed by atoms with Crippen LogP contribution in [0.1, 0.15) is 32.8 Å². The Morgan fingerprint density at radius 1 is 1.57 bits per heavy atom. The van der Waals surface area contributed by atoms with Gasteiger partial charge in [-0.15, -0.1) is 5.10 Å². The first kappa shape index (κ1) is 11.0. The predicted molar refractivity (Wildman–Crippen MR) is 54.1 cm³/mol. The quantitative estimate of drug-likeness (QED) is 0.757. The molecule has 0 aliphatic rings. The Kier molecular flexibility index (Phi) is 3.52. The third-order valence-electron chi connectivity index (χ3n) is 2.41. The molecule has 80 valence electrons. The van der Waals surface area contributed by atoms with Crippen molar-refractivity contribution >= 4 is 0 Å². The lowest BCUT2D eigenvalue weighted by molar-refractivity contribution is 0.165. The molecule has 0 amide bonds. The fourth-order valence-corrected chi connectivity index (χ4v) is 0.906. The van der Waals surface area contributed by atoms with Crippen LogP contribution >= 0.6 is 0 Å². The van der Waals surface area contributed by atoms with Crippen molar-refractivity contribution in [2.75, 3.05) is 6.61 Å². The highest BCUT2D eigenvalue weighted by Gasteiger charge is 2.17. The number of nitrogens with zero attached hydrogens (tertiary/aromatic N) is 1. The average Bonchev–Trinajstić information content (AvgIpc) is 2.62. The molecule has 0 aromatic carbocycles. The molecule has 0 saturated heterocycles. The number of H-pyrrole nitrogens is 1. The van der Waals surface area contributed by atoms with Gasteiger partial charge in [-0.05, 0) is 11.8 Å². The molecule has 1 heterocycles. The lowest BCUT2D eigenvalue weighted by Gasteiger charge is -2.21. The second kappa shape index (κ2) is 4.46. The van der Waals surface area contributed by atoms with Gasteiger partial charge in [0.25, 0.3) is 0 Å². The second-order valence-electron chi connectivity index (χ2n) is 4.18. The van der Waals surface area contributed by atoms with Crippen LogP contribution in [0.2, 0.25) is 0 Å². The summed E-state index contributed by atoms with van der Waals surface area (Å²) in [5, 5.41) is 15.5. The minimum Gasteiger partial charge on any atom is -0.476 e. The summed E-state index contributed by atoms with van der Waals surface area (Å²) in [5.41, 5.74) is 0.850. The summed E-state index contributed by atoms with van der Waals surface area (Å²) in [4.78, 5) is 0. The first-order valence-electron chi connectivity index (χ1n) is 4.85. The smallest absolute Gasteiger partial charge is 0.238 e. The molecule has 4 nitrogen and oxygen atoms in total. The predicted octanol–water partition coefficient (Wildman–Crippen LogP) is 1.72. The molecule has 4 heteroatoms. The van der Waals surface area contributed by atoms with Gasteiger partial charge in [-0.25, -0.2) is 0 Å². The molecule has 0 bridgehead atoms. The summed E-state index contributed by atoms with van der Waals surface area (Å²) >= 11 is 0. The molecule has 0 aliphatic carbocycles. The lowest BCUT2D eigenvalue weighted by Crippen LogP contribution is -2.20. The van der Waals surface area contributed by atoms with Crippen LogP contribution in [0.25, 0.3) is 0 Å². The van der Waals surface area contributed by atoms with Gasteiger partial charge < -0.3 is 9.84 Å². The SMILES string of the molecule is CCC(C)(C)COc1n[nH]cc1CO. The van der Waals surface area contributed by atoms with Crippen LogP contribution in [0.4, 0.5) is 0 Å². The largest absolute Gasteiger partial charge is 0.476 e. The van der Waals surface area contributed by atoms with Crippen LogP contribution in [0.3, 0.4) is 0 Å². The summed E-state index contributed by atoms with van der Waals surface area (Å²) in [5.74, 6) is 0.508. The molecule has 0 unspecified atom stereocenters. The number of nitrogens with one attached hydrogen (secondary N) is 1. The van der Waals surface area contributed by atoms with Gasteiger partial charge in [-0.2, -0.15) is 0 Å². The minimum atomic E-state index is -0.0433. The lowest BCUT2D eigenvalue weighted by atomic mass is 9.92. The van der Waals surface area contributed by atoms with Crippen LogP contribution in [0.15, 0.2) is 6.20 Å². The minimum absolute atomic E-state index is 0.0433. The second-order valence-corrected chi connectivity index (χ2v) is 4.18. The number of aromatic nitrogens is 2. The molecular weight excluding hydrogens is 180 g/mol. The highest BCUT2D eigenvalue weighted by molar-refractivity contribution is 5.21. The van der Waals surface area contributed by atoms with E-state index in [1.807, 2.05) is 0 Å².